The van der Waals surface area contributed by atoms with Crippen molar-refractivity contribution in [1.29, 1.82) is 0 Å². The molecule has 5 heteroatoms. The van der Waals surface area contributed by atoms with Crippen molar-refractivity contribution < 1.29 is 4.52 Å². The quantitative estimate of drug-likeness (QED) is 0.728. The van der Waals surface area contributed by atoms with Gasteiger partial charge in [0.05, 0.1) is 17.6 Å². The molecular formula is C12H12N4O. The smallest absolute Gasteiger partial charge is 0.201 e. The van der Waals surface area contributed by atoms with E-state index in [9.17, 15) is 0 Å². The molecule has 0 amide bonds. The van der Waals surface area contributed by atoms with Gasteiger partial charge < -0.3 is 14.8 Å². The minimum absolute atomic E-state index is 0.492. The molecule has 3 rings (SSSR count). The van der Waals surface area contributed by atoms with Gasteiger partial charge in [-0.25, -0.2) is 4.98 Å². The van der Waals surface area contributed by atoms with Crippen molar-refractivity contribution in [1.82, 2.24) is 14.7 Å². The third-order valence-electron chi connectivity index (χ3n) is 2.68. The van der Waals surface area contributed by atoms with E-state index in [2.05, 4.69) is 10.1 Å². The van der Waals surface area contributed by atoms with E-state index in [1.54, 1.807) is 0 Å². The van der Waals surface area contributed by atoms with Gasteiger partial charge in [-0.05, 0) is 19.1 Å². The predicted molar refractivity (Wildman–Crippen MR) is 64.5 cm³/mol. The van der Waals surface area contributed by atoms with Crippen LogP contribution >= 0.6 is 0 Å². The zero-order valence-corrected chi connectivity index (χ0v) is 9.42. The van der Waals surface area contributed by atoms with Gasteiger partial charge in [0.1, 0.15) is 11.5 Å². The van der Waals surface area contributed by atoms with Crippen LogP contribution in [0.15, 0.2) is 34.9 Å². The summed E-state index contributed by atoms with van der Waals surface area (Å²) in [7, 11) is 0. The number of hydrogen-bond donors (Lipinski definition) is 1. The molecule has 0 aliphatic rings. The highest BCUT2D eigenvalue weighted by Crippen LogP contribution is 2.18. The Morgan fingerprint density at radius 3 is 2.94 bits per heavy atom. The molecule has 0 saturated carbocycles. The van der Waals surface area contributed by atoms with Crippen LogP contribution in [0.25, 0.3) is 11.0 Å². The largest absolute Gasteiger partial charge is 0.369 e. The zero-order chi connectivity index (χ0) is 11.8. The summed E-state index contributed by atoms with van der Waals surface area (Å²) in [6.45, 7) is 2.44. The summed E-state index contributed by atoms with van der Waals surface area (Å²) in [5.41, 5.74) is 8.65. The Kier molecular flexibility index (Phi) is 2.11. The molecule has 0 unspecified atom stereocenters. The van der Waals surface area contributed by atoms with E-state index in [-0.39, 0.29) is 0 Å². The van der Waals surface area contributed by atoms with Gasteiger partial charge in [-0.15, -0.1) is 0 Å². The van der Waals surface area contributed by atoms with Gasteiger partial charge in [-0.2, -0.15) is 0 Å². The van der Waals surface area contributed by atoms with E-state index in [4.69, 9.17) is 10.3 Å². The van der Waals surface area contributed by atoms with Crippen molar-refractivity contribution in [3.8, 4) is 0 Å². The number of fused-ring (bicyclic) bond motifs is 1. The van der Waals surface area contributed by atoms with Crippen LogP contribution in [0.2, 0.25) is 0 Å². The predicted octanol–water partition coefficient (Wildman–Crippen LogP) is 1.96. The number of nitrogen functional groups attached to an aromatic ring is 1. The van der Waals surface area contributed by atoms with Crippen molar-refractivity contribution >= 4 is 17.0 Å². The van der Waals surface area contributed by atoms with Gasteiger partial charge in [0.15, 0.2) is 0 Å². The van der Waals surface area contributed by atoms with Crippen molar-refractivity contribution in [2.45, 2.75) is 13.5 Å². The summed E-state index contributed by atoms with van der Waals surface area (Å²) in [4.78, 5) is 4.30. The highest BCUT2D eigenvalue weighted by Gasteiger charge is 2.09. The second-order valence-corrected chi connectivity index (χ2v) is 3.97. The number of rotatable bonds is 2. The number of para-hydroxylation sites is 2. The number of benzene rings is 1. The lowest BCUT2D eigenvalue weighted by atomic mass is 10.3. The molecule has 0 atom stereocenters. The molecule has 86 valence electrons. The van der Waals surface area contributed by atoms with E-state index in [0.29, 0.717) is 12.5 Å². The maximum Gasteiger partial charge on any atom is 0.201 e. The van der Waals surface area contributed by atoms with Crippen molar-refractivity contribution in [2.75, 3.05) is 5.73 Å². The highest BCUT2D eigenvalue weighted by molar-refractivity contribution is 5.78. The number of hydrogen-bond acceptors (Lipinski definition) is 4. The minimum Gasteiger partial charge on any atom is -0.369 e. The van der Waals surface area contributed by atoms with E-state index in [1.165, 1.54) is 0 Å². The van der Waals surface area contributed by atoms with Gasteiger partial charge in [0.2, 0.25) is 5.95 Å². The number of anilines is 1. The van der Waals surface area contributed by atoms with Crippen LogP contribution in [-0.2, 0) is 6.54 Å². The van der Waals surface area contributed by atoms with Gasteiger partial charge in [-0.3, -0.25) is 0 Å². The van der Waals surface area contributed by atoms with Crippen molar-refractivity contribution in [3.63, 3.8) is 0 Å². The molecule has 0 fully saturated rings. The number of nitrogens with zero attached hydrogens (tertiary/aromatic N) is 3. The molecule has 1 aromatic carbocycles. The summed E-state index contributed by atoms with van der Waals surface area (Å²) in [5.74, 6) is 1.29. The SMILES string of the molecule is Cc1cc(Cn2c(N)nc3ccccc32)no1. The van der Waals surface area contributed by atoms with Crippen LogP contribution in [0.1, 0.15) is 11.5 Å². The maximum absolute atomic E-state index is 5.90. The second kappa shape index (κ2) is 3.62. The molecule has 0 aliphatic heterocycles. The summed E-state index contributed by atoms with van der Waals surface area (Å²) in [5, 5.41) is 3.96. The number of imidazole rings is 1. The monoisotopic (exact) mass is 228 g/mol. The van der Waals surface area contributed by atoms with E-state index < -0.39 is 0 Å². The molecule has 0 saturated heterocycles. The van der Waals surface area contributed by atoms with Crippen LogP contribution in [0.5, 0.6) is 0 Å². The van der Waals surface area contributed by atoms with Crippen molar-refractivity contribution in [2.24, 2.45) is 0 Å². The van der Waals surface area contributed by atoms with Crippen LogP contribution in [0.4, 0.5) is 5.95 Å². The average Bonchev–Trinajstić information content (AvgIpc) is 2.85. The Hall–Kier alpha value is -2.30. The topological polar surface area (TPSA) is 69.9 Å². The van der Waals surface area contributed by atoms with Crippen LogP contribution in [0, 0.1) is 6.92 Å². The fourth-order valence-corrected chi connectivity index (χ4v) is 1.91. The van der Waals surface area contributed by atoms with Gasteiger partial charge >= 0.3 is 0 Å². The molecule has 17 heavy (non-hydrogen) atoms. The molecular weight excluding hydrogens is 216 g/mol. The molecule has 2 aromatic heterocycles. The molecule has 0 bridgehead atoms. The Bertz CT molecular complexity index is 668. The first-order chi connectivity index (χ1) is 8.24. The third-order valence-corrected chi connectivity index (χ3v) is 2.68. The molecule has 2 N–H and O–H groups in total. The Morgan fingerprint density at radius 2 is 2.18 bits per heavy atom. The first-order valence-corrected chi connectivity index (χ1v) is 5.37. The van der Waals surface area contributed by atoms with E-state index in [0.717, 1.165) is 22.5 Å². The van der Waals surface area contributed by atoms with Crippen LogP contribution < -0.4 is 5.73 Å². The highest BCUT2D eigenvalue weighted by atomic mass is 16.5. The number of nitrogens with two attached hydrogens (primary N) is 1. The molecule has 0 radical (unpaired) electrons. The first kappa shape index (κ1) is 9.89. The van der Waals surface area contributed by atoms with Crippen LogP contribution in [0.3, 0.4) is 0 Å². The molecule has 2 heterocycles. The second-order valence-electron chi connectivity index (χ2n) is 3.97. The van der Waals surface area contributed by atoms with E-state index in [1.807, 2.05) is 41.8 Å². The summed E-state index contributed by atoms with van der Waals surface area (Å²) < 4.78 is 6.96. The van der Waals surface area contributed by atoms with Gasteiger partial charge in [-0.1, -0.05) is 17.3 Å². The summed E-state index contributed by atoms with van der Waals surface area (Å²) >= 11 is 0. The van der Waals surface area contributed by atoms with E-state index >= 15 is 0 Å². The van der Waals surface area contributed by atoms with Crippen molar-refractivity contribution in [3.05, 3.63) is 41.8 Å². The normalized spacial score (nSPS) is 11.1. The summed E-state index contributed by atoms with van der Waals surface area (Å²) in [6.07, 6.45) is 0. The third kappa shape index (κ3) is 1.65. The van der Waals surface area contributed by atoms with Crippen LogP contribution in [-0.4, -0.2) is 14.7 Å². The molecule has 3 aromatic rings. The molecule has 5 nitrogen and oxygen atoms in total. The summed E-state index contributed by atoms with van der Waals surface area (Å²) in [6, 6.07) is 9.74. The Balaban J connectivity index is 2.08. The zero-order valence-electron chi connectivity index (χ0n) is 9.42. The Morgan fingerprint density at radius 1 is 1.35 bits per heavy atom. The first-order valence-electron chi connectivity index (χ1n) is 5.37. The molecule has 0 aliphatic carbocycles. The maximum atomic E-state index is 5.90. The molecule has 0 spiro atoms. The fraction of sp³-hybridized carbons (Fsp3) is 0.167. The standard InChI is InChI=1S/C12H12N4O/c1-8-6-9(15-17-8)7-16-11-5-3-2-4-10(11)14-12(16)13/h2-6H,7H2,1H3,(H2,13,14). The Labute approximate surface area is 97.8 Å². The lowest BCUT2D eigenvalue weighted by Gasteiger charge is -2.02. The minimum atomic E-state index is 0.492. The van der Waals surface area contributed by atoms with Gasteiger partial charge in [0, 0.05) is 6.07 Å². The average molecular weight is 228 g/mol. The fourth-order valence-electron chi connectivity index (χ4n) is 1.91. The van der Waals surface area contributed by atoms with Gasteiger partial charge in [0.25, 0.3) is 0 Å². The lowest BCUT2D eigenvalue weighted by Crippen LogP contribution is -2.04. The number of aromatic nitrogens is 3. The lowest BCUT2D eigenvalue weighted by molar-refractivity contribution is 0.389. The number of aryl methyl sites for hydroxylation is 1.